The van der Waals surface area contributed by atoms with Gasteiger partial charge in [0.1, 0.15) is 6.54 Å². The van der Waals surface area contributed by atoms with E-state index in [4.69, 9.17) is 27.9 Å². The van der Waals surface area contributed by atoms with Gasteiger partial charge in [0.05, 0.1) is 10.0 Å². The first-order valence-electron chi connectivity index (χ1n) is 6.94. The molecule has 0 fully saturated rings. The van der Waals surface area contributed by atoms with Gasteiger partial charge in [0.25, 0.3) is 5.91 Å². The second-order valence-electron chi connectivity index (χ2n) is 4.76. The van der Waals surface area contributed by atoms with Crippen molar-refractivity contribution in [3.63, 3.8) is 0 Å². The molecule has 0 aromatic heterocycles. The Morgan fingerprint density at radius 3 is 2.29 bits per heavy atom. The Bertz CT molecular complexity index is 762. The van der Waals surface area contributed by atoms with Gasteiger partial charge in [-0.3, -0.25) is 14.4 Å². The number of carbonyl (C=O) groups excluding carboxylic acids is 3. The van der Waals surface area contributed by atoms with E-state index >= 15 is 0 Å². The van der Waals surface area contributed by atoms with Crippen molar-refractivity contribution in [2.75, 3.05) is 13.2 Å². The maximum Gasteiger partial charge on any atom is 0.325 e. The third-order valence-electron chi connectivity index (χ3n) is 3.04. The zero-order chi connectivity index (χ0) is 17.5. The van der Waals surface area contributed by atoms with Gasteiger partial charge in [0.15, 0.2) is 12.4 Å². The van der Waals surface area contributed by atoms with Gasteiger partial charge in [-0.05, 0) is 30.3 Å². The van der Waals surface area contributed by atoms with E-state index in [-0.39, 0.29) is 17.1 Å². The lowest BCUT2D eigenvalue weighted by Crippen LogP contribution is -2.31. The minimum absolute atomic E-state index is 0.240. The summed E-state index contributed by atoms with van der Waals surface area (Å²) < 4.78 is 4.84. The molecule has 2 aromatic carbocycles. The van der Waals surface area contributed by atoms with Crippen molar-refractivity contribution < 1.29 is 19.1 Å². The normalized spacial score (nSPS) is 10.1. The van der Waals surface area contributed by atoms with Crippen LogP contribution < -0.4 is 5.32 Å². The number of ether oxygens (including phenoxy) is 1. The molecule has 0 bridgehead atoms. The molecular weight excluding hydrogens is 353 g/mol. The number of hydrogen-bond acceptors (Lipinski definition) is 4. The van der Waals surface area contributed by atoms with Crippen molar-refractivity contribution in [3.8, 4) is 0 Å². The Kier molecular flexibility index (Phi) is 6.35. The summed E-state index contributed by atoms with van der Waals surface area (Å²) in [4.78, 5) is 35.3. The zero-order valence-corrected chi connectivity index (χ0v) is 13.9. The van der Waals surface area contributed by atoms with Crippen LogP contribution >= 0.6 is 23.2 Å². The molecule has 0 aliphatic rings. The Morgan fingerprint density at radius 1 is 0.917 bits per heavy atom. The molecule has 24 heavy (non-hydrogen) atoms. The van der Waals surface area contributed by atoms with Gasteiger partial charge >= 0.3 is 5.97 Å². The lowest BCUT2D eigenvalue weighted by atomic mass is 10.1. The average Bonchev–Trinajstić information content (AvgIpc) is 2.60. The molecule has 124 valence electrons. The summed E-state index contributed by atoms with van der Waals surface area (Å²) in [6.45, 7) is -0.777. The van der Waals surface area contributed by atoms with Crippen molar-refractivity contribution in [2.24, 2.45) is 0 Å². The van der Waals surface area contributed by atoms with Gasteiger partial charge in [0, 0.05) is 11.1 Å². The Labute approximate surface area is 148 Å². The van der Waals surface area contributed by atoms with Crippen LogP contribution in [0.4, 0.5) is 0 Å². The number of amides is 1. The summed E-state index contributed by atoms with van der Waals surface area (Å²) in [5.41, 5.74) is 0.711. The van der Waals surface area contributed by atoms with E-state index in [1.54, 1.807) is 30.3 Å². The molecule has 0 unspecified atom stereocenters. The number of halogens is 2. The number of hydrogen-bond donors (Lipinski definition) is 1. The maximum atomic E-state index is 11.9. The number of esters is 1. The van der Waals surface area contributed by atoms with Crippen LogP contribution in [0.3, 0.4) is 0 Å². The van der Waals surface area contributed by atoms with Gasteiger partial charge in [-0.25, -0.2) is 0 Å². The Hall–Kier alpha value is -2.37. The van der Waals surface area contributed by atoms with Gasteiger partial charge in [-0.15, -0.1) is 0 Å². The molecule has 5 nitrogen and oxygen atoms in total. The molecule has 7 heteroatoms. The molecule has 0 aliphatic heterocycles. The van der Waals surface area contributed by atoms with Gasteiger partial charge in [0.2, 0.25) is 0 Å². The van der Waals surface area contributed by atoms with Crippen LogP contribution in [-0.2, 0) is 9.53 Å². The minimum Gasteiger partial charge on any atom is -0.456 e. The molecule has 0 heterocycles. The molecule has 1 amide bonds. The van der Waals surface area contributed by atoms with E-state index < -0.39 is 24.3 Å². The molecule has 2 rings (SSSR count). The molecule has 0 saturated carbocycles. The summed E-state index contributed by atoms with van der Waals surface area (Å²) in [5, 5.41) is 2.98. The fourth-order valence-corrected chi connectivity index (χ4v) is 2.09. The van der Waals surface area contributed by atoms with Gasteiger partial charge in [-0.2, -0.15) is 0 Å². The predicted molar refractivity (Wildman–Crippen MR) is 90.5 cm³/mol. The molecule has 0 saturated heterocycles. The lowest BCUT2D eigenvalue weighted by Gasteiger charge is -2.07. The summed E-state index contributed by atoms with van der Waals surface area (Å²) in [6, 6.07) is 12.8. The number of benzene rings is 2. The second kappa shape index (κ2) is 8.47. The highest BCUT2D eigenvalue weighted by Gasteiger charge is 2.13. The largest absolute Gasteiger partial charge is 0.456 e. The smallest absolute Gasteiger partial charge is 0.325 e. The number of carbonyl (C=O) groups is 3. The summed E-state index contributed by atoms with van der Waals surface area (Å²) in [6.07, 6.45) is 0. The summed E-state index contributed by atoms with van der Waals surface area (Å²) in [5.74, 6) is -1.53. The lowest BCUT2D eigenvalue weighted by molar-refractivity contribution is -0.141. The van der Waals surface area contributed by atoms with E-state index in [1.807, 2.05) is 0 Å². The number of Topliss-reactive ketones (excluding diaryl/α,β-unsaturated/α-hetero) is 1. The van der Waals surface area contributed by atoms with E-state index in [0.717, 1.165) is 0 Å². The first kappa shape index (κ1) is 18.0. The van der Waals surface area contributed by atoms with Crippen LogP contribution in [0.5, 0.6) is 0 Å². The highest BCUT2D eigenvalue weighted by molar-refractivity contribution is 6.42. The monoisotopic (exact) mass is 365 g/mol. The van der Waals surface area contributed by atoms with E-state index in [0.29, 0.717) is 10.6 Å². The van der Waals surface area contributed by atoms with Crippen LogP contribution in [0.1, 0.15) is 20.7 Å². The van der Waals surface area contributed by atoms with Crippen molar-refractivity contribution in [2.45, 2.75) is 0 Å². The van der Waals surface area contributed by atoms with Crippen molar-refractivity contribution in [3.05, 3.63) is 69.7 Å². The van der Waals surface area contributed by atoms with Crippen LogP contribution in [0.2, 0.25) is 10.0 Å². The van der Waals surface area contributed by atoms with Gasteiger partial charge in [-0.1, -0.05) is 41.4 Å². The fourth-order valence-electron chi connectivity index (χ4n) is 1.79. The summed E-state index contributed by atoms with van der Waals surface area (Å²) >= 11 is 11.6. The summed E-state index contributed by atoms with van der Waals surface area (Å²) in [7, 11) is 0. The minimum atomic E-state index is -0.715. The van der Waals surface area contributed by atoms with Crippen molar-refractivity contribution >= 4 is 40.9 Å². The first-order chi connectivity index (χ1) is 11.5. The topological polar surface area (TPSA) is 72.5 Å². The number of ketones is 1. The molecule has 0 spiro atoms. The third-order valence-corrected chi connectivity index (χ3v) is 3.77. The zero-order valence-electron chi connectivity index (χ0n) is 12.4. The van der Waals surface area contributed by atoms with Crippen molar-refractivity contribution in [1.82, 2.24) is 5.32 Å². The molecule has 0 aliphatic carbocycles. The standard InChI is InChI=1S/C17H13Cl2NO4/c18-13-7-6-12(8-14(13)19)15(21)10-24-16(22)9-20-17(23)11-4-2-1-3-5-11/h1-8H,9-10H2,(H,20,23). The van der Waals surface area contributed by atoms with E-state index in [1.165, 1.54) is 18.2 Å². The van der Waals surface area contributed by atoms with Crippen LogP contribution in [0.25, 0.3) is 0 Å². The van der Waals surface area contributed by atoms with Crippen LogP contribution in [0, 0.1) is 0 Å². The predicted octanol–water partition coefficient (Wildman–Crippen LogP) is 3.15. The number of rotatable bonds is 6. The SMILES string of the molecule is O=C(CNC(=O)c1ccccc1)OCC(=O)c1ccc(Cl)c(Cl)c1. The van der Waals surface area contributed by atoms with E-state index in [9.17, 15) is 14.4 Å². The third kappa shape index (κ3) is 5.08. The Balaban J connectivity index is 1.79. The highest BCUT2D eigenvalue weighted by Crippen LogP contribution is 2.22. The van der Waals surface area contributed by atoms with Gasteiger partial charge < -0.3 is 10.1 Å². The second-order valence-corrected chi connectivity index (χ2v) is 5.58. The first-order valence-corrected chi connectivity index (χ1v) is 7.70. The maximum absolute atomic E-state index is 11.9. The molecule has 0 atom stereocenters. The van der Waals surface area contributed by atoms with Crippen LogP contribution in [-0.4, -0.2) is 30.8 Å². The fraction of sp³-hybridized carbons (Fsp3) is 0.118. The molecule has 2 aromatic rings. The molecule has 0 radical (unpaired) electrons. The molecular formula is C17H13Cl2NO4. The molecule has 1 N–H and O–H groups in total. The Morgan fingerprint density at radius 2 is 1.62 bits per heavy atom. The van der Waals surface area contributed by atoms with Crippen LogP contribution in [0.15, 0.2) is 48.5 Å². The average molecular weight is 366 g/mol. The highest BCUT2D eigenvalue weighted by atomic mass is 35.5. The van der Waals surface area contributed by atoms with E-state index in [2.05, 4.69) is 5.32 Å². The van der Waals surface area contributed by atoms with Crippen molar-refractivity contribution in [1.29, 1.82) is 0 Å². The quantitative estimate of drug-likeness (QED) is 0.630. The number of nitrogens with one attached hydrogen (secondary N) is 1.